The third-order valence-electron chi connectivity index (χ3n) is 1.70. The Kier molecular flexibility index (Phi) is 6.66. The Labute approximate surface area is 84.5 Å². The molecular formula is C10H18N2O2. The fraction of sp³-hybridized carbons (Fsp3) is 0.600. The number of carbonyl (C=O) groups excluding carboxylic acids is 2. The number of amides is 2. The van der Waals surface area contributed by atoms with Crippen molar-refractivity contribution in [2.75, 3.05) is 6.54 Å². The van der Waals surface area contributed by atoms with E-state index in [-0.39, 0.29) is 12.5 Å². The minimum atomic E-state index is -0.437. The molecule has 0 aliphatic rings. The third kappa shape index (κ3) is 4.77. The fourth-order valence-electron chi connectivity index (χ4n) is 1.08. The number of hydrogen-bond donors (Lipinski definition) is 2. The number of hydrogen-bond acceptors (Lipinski definition) is 3. The summed E-state index contributed by atoms with van der Waals surface area (Å²) in [5.74, 6) is -0.753. The standard InChI is InChI=1S/C10H18N2O2/c1-3-5-8(6-4-2)10(14)12-9(13)7-11/h5H,3-4,6-7,11H2,1-2H3,(H,12,13,14)/b8-5+. The van der Waals surface area contributed by atoms with E-state index in [1.807, 2.05) is 19.9 Å². The van der Waals surface area contributed by atoms with E-state index in [2.05, 4.69) is 5.32 Å². The number of nitrogens with one attached hydrogen (secondary N) is 1. The molecule has 80 valence electrons. The lowest BCUT2D eigenvalue weighted by Crippen LogP contribution is -2.36. The summed E-state index contributed by atoms with van der Waals surface area (Å²) >= 11 is 0. The van der Waals surface area contributed by atoms with Crippen LogP contribution in [0.2, 0.25) is 0 Å². The van der Waals surface area contributed by atoms with Crippen molar-refractivity contribution in [3.63, 3.8) is 0 Å². The first-order chi connectivity index (χ1) is 6.65. The summed E-state index contributed by atoms with van der Waals surface area (Å²) in [6, 6.07) is 0. The van der Waals surface area contributed by atoms with Crippen LogP contribution >= 0.6 is 0 Å². The Morgan fingerprint density at radius 2 is 2.00 bits per heavy atom. The van der Waals surface area contributed by atoms with Crippen molar-refractivity contribution >= 4 is 11.8 Å². The first kappa shape index (κ1) is 12.8. The molecule has 0 aromatic carbocycles. The van der Waals surface area contributed by atoms with Gasteiger partial charge in [0.2, 0.25) is 5.91 Å². The molecule has 3 N–H and O–H groups in total. The molecule has 4 heteroatoms. The molecule has 0 aliphatic carbocycles. The van der Waals surface area contributed by atoms with Crippen molar-refractivity contribution in [2.45, 2.75) is 33.1 Å². The second kappa shape index (κ2) is 7.26. The van der Waals surface area contributed by atoms with Crippen LogP contribution in [0.1, 0.15) is 33.1 Å². The van der Waals surface area contributed by atoms with Crippen LogP contribution in [0.3, 0.4) is 0 Å². The molecule has 0 aromatic heterocycles. The Morgan fingerprint density at radius 1 is 1.36 bits per heavy atom. The maximum Gasteiger partial charge on any atom is 0.253 e. The zero-order valence-electron chi connectivity index (χ0n) is 8.80. The molecule has 0 radical (unpaired) electrons. The first-order valence-corrected chi connectivity index (χ1v) is 4.88. The van der Waals surface area contributed by atoms with Gasteiger partial charge in [-0.2, -0.15) is 0 Å². The minimum absolute atomic E-state index is 0.155. The molecule has 0 aromatic rings. The third-order valence-corrected chi connectivity index (χ3v) is 1.70. The maximum absolute atomic E-state index is 11.4. The Hall–Kier alpha value is -1.16. The Bertz CT molecular complexity index is 234. The van der Waals surface area contributed by atoms with Gasteiger partial charge in [-0.15, -0.1) is 0 Å². The zero-order valence-corrected chi connectivity index (χ0v) is 8.80. The van der Waals surface area contributed by atoms with Crippen LogP contribution < -0.4 is 11.1 Å². The lowest BCUT2D eigenvalue weighted by Gasteiger charge is -2.05. The van der Waals surface area contributed by atoms with E-state index in [0.29, 0.717) is 12.0 Å². The molecule has 0 unspecified atom stereocenters. The smallest absolute Gasteiger partial charge is 0.253 e. The number of nitrogens with two attached hydrogens (primary N) is 1. The summed E-state index contributed by atoms with van der Waals surface area (Å²) in [6.45, 7) is 3.78. The van der Waals surface area contributed by atoms with Crippen LogP contribution in [0.25, 0.3) is 0 Å². The summed E-state index contributed by atoms with van der Waals surface area (Å²) in [6.07, 6.45) is 4.20. The molecule has 0 heterocycles. The molecule has 0 saturated carbocycles. The normalized spacial score (nSPS) is 11.2. The van der Waals surface area contributed by atoms with Crippen LogP contribution in [0, 0.1) is 0 Å². The predicted octanol–water partition coefficient (Wildman–Crippen LogP) is 0.724. The van der Waals surface area contributed by atoms with Gasteiger partial charge >= 0.3 is 0 Å². The predicted molar refractivity (Wildman–Crippen MR) is 55.5 cm³/mol. The number of imide groups is 1. The van der Waals surface area contributed by atoms with Gasteiger partial charge in [-0.25, -0.2) is 0 Å². The van der Waals surface area contributed by atoms with Gasteiger partial charge in [-0.3, -0.25) is 14.9 Å². The van der Waals surface area contributed by atoms with Gasteiger partial charge in [0.05, 0.1) is 6.54 Å². The molecule has 0 bridgehead atoms. The summed E-state index contributed by atoms with van der Waals surface area (Å²) in [5, 5.41) is 2.23. The summed E-state index contributed by atoms with van der Waals surface area (Å²) in [4.78, 5) is 22.3. The van der Waals surface area contributed by atoms with Crippen LogP contribution in [0.4, 0.5) is 0 Å². The zero-order chi connectivity index (χ0) is 11.0. The van der Waals surface area contributed by atoms with E-state index < -0.39 is 5.91 Å². The van der Waals surface area contributed by atoms with Gasteiger partial charge in [0.25, 0.3) is 5.91 Å². The molecule has 14 heavy (non-hydrogen) atoms. The van der Waals surface area contributed by atoms with Crippen molar-refractivity contribution in [2.24, 2.45) is 5.73 Å². The quantitative estimate of drug-likeness (QED) is 0.639. The summed E-state index contributed by atoms with van der Waals surface area (Å²) in [5.41, 5.74) is 5.75. The van der Waals surface area contributed by atoms with Crippen molar-refractivity contribution in [1.29, 1.82) is 0 Å². The topological polar surface area (TPSA) is 72.2 Å². The van der Waals surface area contributed by atoms with E-state index in [1.54, 1.807) is 0 Å². The molecule has 2 amide bonds. The second-order valence-electron chi connectivity index (χ2n) is 2.97. The minimum Gasteiger partial charge on any atom is -0.322 e. The van der Waals surface area contributed by atoms with Gasteiger partial charge in [0, 0.05) is 5.57 Å². The van der Waals surface area contributed by atoms with E-state index in [0.717, 1.165) is 12.8 Å². The average molecular weight is 198 g/mol. The molecule has 4 nitrogen and oxygen atoms in total. The summed E-state index contributed by atoms with van der Waals surface area (Å²) in [7, 11) is 0. The van der Waals surface area contributed by atoms with Crippen molar-refractivity contribution in [1.82, 2.24) is 5.32 Å². The molecule has 0 rings (SSSR count). The first-order valence-electron chi connectivity index (χ1n) is 4.88. The van der Waals surface area contributed by atoms with Crippen LogP contribution in [-0.4, -0.2) is 18.4 Å². The summed E-state index contributed by atoms with van der Waals surface area (Å²) < 4.78 is 0. The largest absolute Gasteiger partial charge is 0.322 e. The van der Waals surface area contributed by atoms with E-state index in [4.69, 9.17) is 5.73 Å². The van der Waals surface area contributed by atoms with E-state index in [9.17, 15) is 9.59 Å². The fourth-order valence-corrected chi connectivity index (χ4v) is 1.08. The van der Waals surface area contributed by atoms with Crippen molar-refractivity contribution in [3.05, 3.63) is 11.6 Å². The highest BCUT2D eigenvalue weighted by molar-refractivity contribution is 6.04. The van der Waals surface area contributed by atoms with Gasteiger partial charge < -0.3 is 5.73 Å². The average Bonchev–Trinajstić information content (AvgIpc) is 2.17. The molecular weight excluding hydrogens is 180 g/mol. The highest BCUT2D eigenvalue weighted by Crippen LogP contribution is 2.05. The molecule has 0 spiro atoms. The van der Waals surface area contributed by atoms with Gasteiger partial charge in [-0.1, -0.05) is 26.3 Å². The maximum atomic E-state index is 11.4. The lowest BCUT2D eigenvalue weighted by molar-refractivity contribution is -0.127. The number of rotatable bonds is 5. The van der Waals surface area contributed by atoms with Crippen molar-refractivity contribution in [3.8, 4) is 0 Å². The monoisotopic (exact) mass is 198 g/mol. The van der Waals surface area contributed by atoms with Crippen LogP contribution in [0.15, 0.2) is 11.6 Å². The highest BCUT2D eigenvalue weighted by Gasteiger charge is 2.10. The van der Waals surface area contributed by atoms with E-state index >= 15 is 0 Å². The molecule has 0 fully saturated rings. The molecule has 0 aliphatic heterocycles. The second-order valence-corrected chi connectivity index (χ2v) is 2.97. The van der Waals surface area contributed by atoms with Crippen LogP contribution in [0.5, 0.6) is 0 Å². The molecule has 0 saturated heterocycles. The van der Waals surface area contributed by atoms with E-state index in [1.165, 1.54) is 0 Å². The SMILES string of the molecule is CC/C=C(\CCC)C(=O)NC(=O)CN. The van der Waals surface area contributed by atoms with Gasteiger partial charge in [-0.05, 0) is 12.8 Å². The van der Waals surface area contributed by atoms with Crippen molar-refractivity contribution < 1.29 is 9.59 Å². The number of allylic oxidation sites excluding steroid dienone is 1. The highest BCUT2D eigenvalue weighted by atomic mass is 16.2. The molecule has 0 atom stereocenters. The number of carbonyl (C=O) groups is 2. The Balaban J connectivity index is 4.29. The van der Waals surface area contributed by atoms with Crippen LogP contribution in [-0.2, 0) is 9.59 Å². The van der Waals surface area contributed by atoms with Gasteiger partial charge in [0.1, 0.15) is 0 Å². The van der Waals surface area contributed by atoms with Gasteiger partial charge in [0.15, 0.2) is 0 Å². The Morgan fingerprint density at radius 3 is 2.43 bits per heavy atom. The lowest BCUT2D eigenvalue weighted by atomic mass is 10.1.